The molecule has 2 atom stereocenters. The number of aromatic nitrogens is 1. The lowest BCUT2D eigenvalue weighted by molar-refractivity contribution is -0.131. The number of nitrogens with two attached hydrogens (primary N) is 1. The van der Waals surface area contributed by atoms with Crippen molar-refractivity contribution in [3.63, 3.8) is 0 Å². The number of nitrogens with one attached hydrogen (secondary N) is 2. The minimum atomic E-state index is -0.669. The molecule has 162 valence electrons. The van der Waals surface area contributed by atoms with E-state index in [0.717, 1.165) is 40.6 Å². The monoisotopic (exact) mass is 437 g/mol. The van der Waals surface area contributed by atoms with E-state index in [-0.39, 0.29) is 17.9 Å². The Bertz CT molecular complexity index is 1080. The van der Waals surface area contributed by atoms with Crippen molar-refractivity contribution in [1.29, 1.82) is 0 Å². The van der Waals surface area contributed by atoms with Crippen molar-refractivity contribution in [1.82, 2.24) is 20.5 Å². The summed E-state index contributed by atoms with van der Waals surface area (Å²) in [6.45, 7) is 1.23. The summed E-state index contributed by atoms with van der Waals surface area (Å²) in [5, 5.41) is 8.62. The van der Waals surface area contributed by atoms with Crippen molar-refractivity contribution in [2.24, 2.45) is 0 Å². The zero-order valence-corrected chi connectivity index (χ0v) is 18.3. The fraction of sp³-hybridized carbons (Fsp3) is 0.348. The number of likely N-dealkylation sites (tertiary alicyclic amines) is 1. The molecule has 1 fully saturated rings. The molecule has 0 radical (unpaired) electrons. The molecule has 0 spiro atoms. The summed E-state index contributed by atoms with van der Waals surface area (Å²) in [5.41, 5.74) is 6.71. The van der Waals surface area contributed by atoms with Gasteiger partial charge >= 0.3 is 0 Å². The van der Waals surface area contributed by atoms with Crippen LogP contribution in [0.5, 0.6) is 0 Å². The third kappa shape index (κ3) is 5.03. The van der Waals surface area contributed by atoms with E-state index in [2.05, 4.69) is 15.6 Å². The number of amides is 2. The fourth-order valence-corrected chi connectivity index (χ4v) is 4.73. The Morgan fingerprint density at radius 1 is 1.26 bits per heavy atom. The van der Waals surface area contributed by atoms with E-state index < -0.39 is 6.04 Å². The highest BCUT2D eigenvalue weighted by atomic mass is 32.1. The number of rotatable bonds is 7. The van der Waals surface area contributed by atoms with Gasteiger partial charge in [-0.15, -0.1) is 11.3 Å². The molecule has 8 heteroatoms. The molecule has 2 amide bonds. The lowest BCUT2D eigenvalue weighted by Crippen LogP contribution is -2.52. The zero-order chi connectivity index (χ0) is 21.8. The Balaban J connectivity index is 1.53. The van der Waals surface area contributed by atoms with E-state index in [1.807, 2.05) is 54.4 Å². The van der Waals surface area contributed by atoms with Crippen molar-refractivity contribution in [2.45, 2.75) is 37.9 Å². The van der Waals surface area contributed by atoms with Gasteiger partial charge in [0.05, 0.1) is 12.6 Å². The highest BCUT2D eigenvalue weighted by Crippen LogP contribution is 2.21. The topological polar surface area (TPSA) is 100 Å². The van der Waals surface area contributed by atoms with Gasteiger partial charge in [0.2, 0.25) is 11.8 Å². The molecule has 1 aromatic heterocycles. The molecule has 1 aliphatic heterocycles. The van der Waals surface area contributed by atoms with Gasteiger partial charge in [-0.2, -0.15) is 0 Å². The second-order valence-corrected chi connectivity index (χ2v) is 9.07. The maximum Gasteiger partial charge on any atom is 0.243 e. The third-order valence-corrected chi connectivity index (χ3v) is 6.59. The van der Waals surface area contributed by atoms with E-state index in [9.17, 15) is 9.59 Å². The molecular weight excluding hydrogens is 410 g/mol. The van der Waals surface area contributed by atoms with E-state index in [0.29, 0.717) is 18.1 Å². The van der Waals surface area contributed by atoms with Crippen LogP contribution in [0.2, 0.25) is 0 Å². The molecule has 2 heterocycles. The minimum Gasteiger partial charge on any atom is -0.375 e. The predicted octanol–water partition coefficient (Wildman–Crippen LogP) is 2.32. The molecular formula is C23H27N5O2S. The molecule has 31 heavy (non-hydrogen) atoms. The van der Waals surface area contributed by atoms with Gasteiger partial charge in [-0.3, -0.25) is 14.5 Å². The summed E-state index contributed by atoms with van der Waals surface area (Å²) < 4.78 is 0. The summed E-state index contributed by atoms with van der Waals surface area (Å²) >= 11 is 1.34. The standard InChI is InChI=1S/C23H27N5O2S/c1-28-11-5-10-20(28)22(30)27-19(21(29)25-13-17-14-26-23(24)31-17)12-16-8-4-7-15-6-2-3-9-18(15)16/h2-4,6-9,14,19-20H,5,10-13H2,1H3,(H2,24,26)(H,25,29)(H,27,30)/t19-,20+/m0/s1. The Morgan fingerprint density at radius 3 is 2.81 bits per heavy atom. The van der Waals surface area contributed by atoms with Crippen LogP contribution in [0.3, 0.4) is 0 Å². The maximum atomic E-state index is 13.1. The van der Waals surface area contributed by atoms with Gasteiger partial charge in [0.1, 0.15) is 6.04 Å². The summed E-state index contributed by atoms with van der Waals surface area (Å²) in [6.07, 6.45) is 3.87. The van der Waals surface area contributed by atoms with Crippen LogP contribution in [0, 0.1) is 0 Å². The number of nitrogen functional groups attached to an aromatic ring is 1. The molecule has 0 saturated carbocycles. The number of thiazole rings is 1. The molecule has 7 nitrogen and oxygen atoms in total. The quantitative estimate of drug-likeness (QED) is 0.527. The molecule has 0 aliphatic carbocycles. The van der Waals surface area contributed by atoms with Crippen molar-refractivity contribution in [2.75, 3.05) is 19.3 Å². The Hall–Kier alpha value is -2.97. The van der Waals surface area contributed by atoms with Crippen LogP contribution in [0.1, 0.15) is 23.3 Å². The van der Waals surface area contributed by atoms with Gasteiger partial charge in [-0.05, 0) is 42.8 Å². The zero-order valence-electron chi connectivity index (χ0n) is 17.5. The molecule has 1 saturated heterocycles. The van der Waals surface area contributed by atoms with Crippen LogP contribution in [0.4, 0.5) is 5.13 Å². The first-order valence-corrected chi connectivity index (χ1v) is 11.3. The van der Waals surface area contributed by atoms with Crippen molar-refractivity contribution >= 4 is 39.1 Å². The second-order valence-electron chi connectivity index (χ2n) is 7.92. The van der Waals surface area contributed by atoms with Gasteiger partial charge in [0, 0.05) is 17.5 Å². The largest absolute Gasteiger partial charge is 0.375 e. The van der Waals surface area contributed by atoms with Crippen LogP contribution in [0.15, 0.2) is 48.7 Å². The second kappa shape index (κ2) is 9.45. The first-order chi connectivity index (χ1) is 15.0. The first kappa shape index (κ1) is 21.3. The molecule has 0 unspecified atom stereocenters. The van der Waals surface area contributed by atoms with E-state index in [4.69, 9.17) is 5.73 Å². The number of benzene rings is 2. The van der Waals surface area contributed by atoms with Gasteiger partial charge < -0.3 is 16.4 Å². The number of carbonyl (C=O) groups is 2. The molecule has 2 aromatic carbocycles. The highest BCUT2D eigenvalue weighted by Gasteiger charge is 2.31. The molecule has 3 aromatic rings. The Morgan fingerprint density at radius 2 is 2.06 bits per heavy atom. The summed E-state index contributed by atoms with van der Waals surface area (Å²) in [7, 11) is 1.95. The number of carbonyl (C=O) groups excluding carboxylic acids is 2. The van der Waals surface area contributed by atoms with Gasteiger partial charge in [-0.1, -0.05) is 42.5 Å². The molecule has 1 aliphatic rings. The van der Waals surface area contributed by atoms with Crippen LogP contribution in [-0.4, -0.2) is 47.4 Å². The predicted molar refractivity (Wildman–Crippen MR) is 124 cm³/mol. The molecule has 0 bridgehead atoms. The van der Waals surface area contributed by atoms with Crippen molar-refractivity contribution in [3.05, 3.63) is 59.1 Å². The van der Waals surface area contributed by atoms with Crippen LogP contribution >= 0.6 is 11.3 Å². The Kier molecular flexibility index (Phi) is 6.48. The fourth-order valence-electron chi connectivity index (χ4n) is 4.11. The van der Waals surface area contributed by atoms with Gasteiger partial charge in [-0.25, -0.2) is 4.98 Å². The lowest BCUT2D eigenvalue weighted by atomic mass is 9.98. The number of nitrogens with zero attached hydrogens (tertiary/aromatic N) is 2. The SMILES string of the molecule is CN1CCC[C@@H]1C(=O)N[C@@H](Cc1cccc2ccccc12)C(=O)NCc1cnc(N)s1. The minimum absolute atomic E-state index is 0.0950. The molecule has 4 N–H and O–H groups in total. The van der Waals surface area contributed by atoms with Crippen LogP contribution in [0.25, 0.3) is 10.8 Å². The van der Waals surface area contributed by atoms with Crippen LogP contribution < -0.4 is 16.4 Å². The average molecular weight is 438 g/mol. The average Bonchev–Trinajstić information content (AvgIpc) is 3.39. The van der Waals surface area contributed by atoms with E-state index in [1.54, 1.807) is 6.20 Å². The third-order valence-electron chi connectivity index (χ3n) is 5.77. The Labute approximate surface area is 185 Å². The van der Waals surface area contributed by atoms with Crippen LogP contribution in [-0.2, 0) is 22.6 Å². The van der Waals surface area contributed by atoms with Crippen molar-refractivity contribution in [3.8, 4) is 0 Å². The van der Waals surface area contributed by atoms with Gasteiger partial charge in [0.25, 0.3) is 0 Å². The highest BCUT2D eigenvalue weighted by molar-refractivity contribution is 7.15. The number of anilines is 1. The summed E-state index contributed by atoms with van der Waals surface area (Å²) in [5.74, 6) is -0.309. The van der Waals surface area contributed by atoms with Gasteiger partial charge in [0.15, 0.2) is 5.13 Å². The smallest absolute Gasteiger partial charge is 0.243 e. The summed E-state index contributed by atoms with van der Waals surface area (Å²) in [6, 6.07) is 13.3. The summed E-state index contributed by atoms with van der Waals surface area (Å²) in [4.78, 5) is 33.0. The first-order valence-electron chi connectivity index (χ1n) is 10.5. The number of hydrogen-bond acceptors (Lipinski definition) is 6. The normalized spacial score (nSPS) is 17.5. The van der Waals surface area contributed by atoms with Crippen molar-refractivity contribution < 1.29 is 9.59 Å². The lowest BCUT2D eigenvalue weighted by Gasteiger charge is -2.24. The maximum absolute atomic E-state index is 13.1. The number of hydrogen-bond donors (Lipinski definition) is 3. The van der Waals surface area contributed by atoms with E-state index in [1.165, 1.54) is 11.3 Å². The molecule has 4 rings (SSSR count). The number of fused-ring (bicyclic) bond motifs is 1. The number of likely N-dealkylation sites (N-methyl/N-ethyl adjacent to an activating group) is 1. The van der Waals surface area contributed by atoms with E-state index >= 15 is 0 Å².